The molecule has 1 aliphatic rings. The molecule has 3 aromatic rings. The highest BCUT2D eigenvalue weighted by molar-refractivity contribution is 5.94. The second-order valence-electron chi connectivity index (χ2n) is 7.90. The second kappa shape index (κ2) is 6.72. The minimum absolute atomic E-state index is 0.108. The van der Waals surface area contributed by atoms with Gasteiger partial charge in [0, 0.05) is 50.6 Å². The SMILES string of the molecule is CN(C)c1nc([C@]2(C)CCCN(C(=O)c3ccccc3)C2)cn2cccc12. The molecule has 0 saturated carbocycles. The zero-order valence-electron chi connectivity index (χ0n) is 16.2. The van der Waals surface area contributed by atoms with E-state index in [1.54, 1.807) is 0 Å². The molecule has 1 atom stereocenters. The maximum atomic E-state index is 13.0. The maximum absolute atomic E-state index is 13.0. The van der Waals surface area contributed by atoms with Gasteiger partial charge < -0.3 is 14.2 Å². The number of hydrogen-bond donors (Lipinski definition) is 0. The molecule has 2 aromatic heterocycles. The highest BCUT2D eigenvalue weighted by Gasteiger charge is 2.36. The Balaban J connectivity index is 1.68. The molecule has 1 fully saturated rings. The zero-order chi connectivity index (χ0) is 19.0. The lowest BCUT2D eigenvalue weighted by Gasteiger charge is -2.40. The normalized spacial score (nSPS) is 20.0. The van der Waals surface area contributed by atoms with E-state index in [-0.39, 0.29) is 11.3 Å². The Morgan fingerprint density at radius 1 is 1.15 bits per heavy atom. The van der Waals surface area contributed by atoms with Crippen molar-refractivity contribution in [1.29, 1.82) is 0 Å². The Kier molecular flexibility index (Phi) is 4.38. The van der Waals surface area contributed by atoms with Crippen molar-refractivity contribution in [2.24, 2.45) is 0 Å². The topological polar surface area (TPSA) is 40.9 Å². The number of carbonyl (C=O) groups is 1. The predicted octanol–water partition coefficient (Wildman–Crippen LogP) is 3.59. The van der Waals surface area contributed by atoms with Crippen molar-refractivity contribution in [2.45, 2.75) is 25.2 Å². The van der Waals surface area contributed by atoms with Crippen LogP contribution in [-0.4, -0.2) is 47.4 Å². The van der Waals surface area contributed by atoms with Crippen molar-refractivity contribution in [1.82, 2.24) is 14.3 Å². The number of anilines is 1. The molecule has 0 unspecified atom stereocenters. The number of aromatic nitrogens is 2. The molecular formula is C22H26N4O. The summed E-state index contributed by atoms with van der Waals surface area (Å²) in [6.07, 6.45) is 6.20. The summed E-state index contributed by atoms with van der Waals surface area (Å²) in [4.78, 5) is 22.0. The van der Waals surface area contributed by atoms with Gasteiger partial charge in [-0.2, -0.15) is 0 Å². The molecule has 0 N–H and O–H groups in total. The van der Waals surface area contributed by atoms with Gasteiger partial charge in [0.15, 0.2) is 5.82 Å². The third kappa shape index (κ3) is 3.18. The molecule has 5 heteroatoms. The molecule has 0 bridgehead atoms. The van der Waals surface area contributed by atoms with E-state index in [9.17, 15) is 4.79 Å². The summed E-state index contributed by atoms with van der Waals surface area (Å²) in [7, 11) is 4.04. The smallest absolute Gasteiger partial charge is 0.253 e. The third-order valence-electron chi connectivity index (χ3n) is 5.54. The van der Waals surface area contributed by atoms with Crippen molar-refractivity contribution in [3.8, 4) is 0 Å². The summed E-state index contributed by atoms with van der Waals surface area (Å²) >= 11 is 0. The fraction of sp³-hybridized carbons (Fsp3) is 0.364. The van der Waals surface area contributed by atoms with Gasteiger partial charge in [-0.15, -0.1) is 0 Å². The van der Waals surface area contributed by atoms with Crippen LogP contribution in [0.25, 0.3) is 5.52 Å². The van der Waals surface area contributed by atoms with Crippen molar-refractivity contribution < 1.29 is 4.79 Å². The van der Waals surface area contributed by atoms with Gasteiger partial charge in [0.1, 0.15) is 0 Å². The lowest BCUT2D eigenvalue weighted by atomic mass is 9.79. The van der Waals surface area contributed by atoms with Gasteiger partial charge in [-0.3, -0.25) is 4.79 Å². The minimum atomic E-state index is -0.161. The molecule has 4 rings (SSSR count). The molecule has 0 radical (unpaired) electrons. The zero-order valence-corrected chi connectivity index (χ0v) is 16.2. The lowest BCUT2D eigenvalue weighted by molar-refractivity contribution is 0.0647. The van der Waals surface area contributed by atoms with E-state index in [2.05, 4.69) is 34.7 Å². The van der Waals surface area contributed by atoms with Crippen LogP contribution in [0, 0.1) is 0 Å². The third-order valence-corrected chi connectivity index (χ3v) is 5.54. The first kappa shape index (κ1) is 17.6. The van der Waals surface area contributed by atoms with E-state index in [0.29, 0.717) is 6.54 Å². The quantitative estimate of drug-likeness (QED) is 0.715. The van der Waals surface area contributed by atoms with Crippen LogP contribution < -0.4 is 4.90 Å². The molecular weight excluding hydrogens is 336 g/mol. The highest BCUT2D eigenvalue weighted by Crippen LogP contribution is 2.35. The summed E-state index contributed by atoms with van der Waals surface area (Å²) in [6.45, 7) is 3.72. The second-order valence-corrected chi connectivity index (χ2v) is 7.90. The van der Waals surface area contributed by atoms with Crippen LogP contribution in [-0.2, 0) is 5.41 Å². The van der Waals surface area contributed by atoms with E-state index in [1.807, 2.05) is 55.4 Å². The van der Waals surface area contributed by atoms with Gasteiger partial charge in [0.2, 0.25) is 0 Å². The van der Waals surface area contributed by atoms with Crippen LogP contribution in [0.1, 0.15) is 35.8 Å². The number of hydrogen-bond acceptors (Lipinski definition) is 3. The number of fused-ring (bicyclic) bond motifs is 1. The fourth-order valence-corrected chi connectivity index (χ4v) is 4.03. The monoisotopic (exact) mass is 362 g/mol. The number of nitrogens with zero attached hydrogens (tertiary/aromatic N) is 4. The summed E-state index contributed by atoms with van der Waals surface area (Å²) in [5.74, 6) is 1.07. The van der Waals surface area contributed by atoms with E-state index in [1.165, 1.54) is 0 Å². The average Bonchev–Trinajstić information content (AvgIpc) is 3.16. The standard InChI is InChI=1S/C22H26N4O/c1-22(19-15-25-13-7-11-18(25)20(23-19)24(2)3)12-8-14-26(16-22)21(27)17-9-5-4-6-10-17/h4-7,9-11,13,15H,8,12,14,16H2,1-3H3/t22-/m1/s1. The summed E-state index contributed by atoms with van der Waals surface area (Å²) in [5.41, 5.74) is 2.73. The van der Waals surface area contributed by atoms with Crippen molar-refractivity contribution in [3.63, 3.8) is 0 Å². The van der Waals surface area contributed by atoms with Crippen LogP contribution >= 0.6 is 0 Å². The Labute approximate surface area is 160 Å². The summed E-state index contributed by atoms with van der Waals surface area (Å²) < 4.78 is 2.14. The van der Waals surface area contributed by atoms with Crippen LogP contribution in [0.5, 0.6) is 0 Å². The largest absolute Gasteiger partial charge is 0.361 e. The van der Waals surface area contributed by atoms with E-state index in [0.717, 1.165) is 42.0 Å². The fourth-order valence-electron chi connectivity index (χ4n) is 4.03. The van der Waals surface area contributed by atoms with Crippen molar-refractivity contribution >= 4 is 17.2 Å². The number of benzene rings is 1. The van der Waals surface area contributed by atoms with Gasteiger partial charge >= 0.3 is 0 Å². The van der Waals surface area contributed by atoms with Gasteiger partial charge in [-0.25, -0.2) is 4.98 Å². The Morgan fingerprint density at radius 2 is 1.93 bits per heavy atom. The molecule has 1 aliphatic heterocycles. The molecule has 1 aromatic carbocycles. The molecule has 0 aliphatic carbocycles. The Morgan fingerprint density at radius 3 is 2.67 bits per heavy atom. The number of piperidine rings is 1. The van der Waals surface area contributed by atoms with E-state index < -0.39 is 0 Å². The molecule has 1 saturated heterocycles. The Hall–Kier alpha value is -2.82. The van der Waals surface area contributed by atoms with E-state index in [4.69, 9.17) is 4.98 Å². The van der Waals surface area contributed by atoms with Crippen LogP contribution in [0.4, 0.5) is 5.82 Å². The average molecular weight is 362 g/mol. The summed E-state index contributed by atoms with van der Waals surface area (Å²) in [5, 5.41) is 0. The van der Waals surface area contributed by atoms with Crippen LogP contribution in [0.3, 0.4) is 0 Å². The first-order valence-electron chi connectivity index (χ1n) is 9.48. The highest BCUT2D eigenvalue weighted by atomic mass is 16.2. The number of likely N-dealkylation sites (tertiary alicyclic amines) is 1. The van der Waals surface area contributed by atoms with E-state index >= 15 is 0 Å². The molecule has 3 heterocycles. The van der Waals surface area contributed by atoms with Gasteiger partial charge in [-0.1, -0.05) is 25.1 Å². The van der Waals surface area contributed by atoms with Crippen LogP contribution in [0.2, 0.25) is 0 Å². The molecule has 1 amide bonds. The van der Waals surface area contributed by atoms with Gasteiger partial charge in [-0.05, 0) is 37.1 Å². The lowest BCUT2D eigenvalue weighted by Crippen LogP contribution is -2.47. The van der Waals surface area contributed by atoms with Gasteiger partial charge in [0.25, 0.3) is 5.91 Å². The van der Waals surface area contributed by atoms with Crippen LogP contribution in [0.15, 0.2) is 54.9 Å². The predicted molar refractivity (Wildman–Crippen MR) is 108 cm³/mol. The molecule has 5 nitrogen and oxygen atoms in total. The first-order chi connectivity index (χ1) is 13.0. The van der Waals surface area contributed by atoms with Crippen molar-refractivity contribution in [2.75, 3.05) is 32.1 Å². The summed E-state index contributed by atoms with van der Waals surface area (Å²) in [6, 6.07) is 13.7. The maximum Gasteiger partial charge on any atom is 0.253 e. The van der Waals surface area contributed by atoms with Crippen molar-refractivity contribution in [3.05, 3.63) is 66.1 Å². The Bertz CT molecular complexity index is 963. The number of carbonyl (C=O) groups excluding carboxylic acids is 1. The minimum Gasteiger partial charge on any atom is -0.361 e. The molecule has 140 valence electrons. The number of rotatable bonds is 3. The van der Waals surface area contributed by atoms with Gasteiger partial charge in [0.05, 0.1) is 11.2 Å². The first-order valence-corrected chi connectivity index (χ1v) is 9.48. The molecule has 0 spiro atoms. The number of amides is 1. The molecule has 27 heavy (non-hydrogen) atoms.